The van der Waals surface area contributed by atoms with E-state index in [4.69, 9.17) is 16.6 Å². The number of allylic oxidation sites excluding steroid dienone is 2. The summed E-state index contributed by atoms with van der Waals surface area (Å²) in [4.78, 5) is 0. The van der Waals surface area contributed by atoms with E-state index in [0.29, 0.717) is 5.70 Å². The first-order chi connectivity index (χ1) is 5.61. The first-order valence-corrected chi connectivity index (χ1v) is 4.22. The molecule has 1 aliphatic rings. The number of aliphatic hydroxyl groups excluding tert-OH is 1. The van der Waals surface area contributed by atoms with E-state index in [-0.39, 0.29) is 12.0 Å². The minimum atomic E-state index is -0.256. The second kappa shape index (κ2) is 3.63. The van der Waals surface area contributed by atoms with Gasteiger partial charge in [-0.3, -0.25) is 0 Å². The molecule has 12 heavy (non-hydrogen) atoms. The third kappa shape index (κ3) is 2.01. The van der Waals surface area contributed by atoms with Gasteiger partial charge in [0.15, 0.2) is 0 Å². The van der Waals surface area contributed by atoms with Crippen LogP contribution in [0.25, 0.3) is 0 Å². The van der Waals surface area contributed by atoms with Crippen LogP contribution in [0.3, 0.4) is 0 Å². The van der Waals surface area contributed by atoms with Crippen LogP contribution in [0.4, 0.5) is 0 Å². The molecule has 0 fully saturated rings. The lowest BCUT2D eigenvalue weighted by Gasteiger charge is -2.11. The molecular weight excluding hydrogens is 152 g/mol. The molecule has 1 rings (SSSR count). The van der Waals surface area contributed by atoms with Gasteiger partial charge in [0.2, 0.25) is 0 Å². The Kier molecular flexibility index (Phi) is 2.76. The molecule has 5 N–H and O–H groups in total. The van der Waals surface area contributed by atoms with Crippen molar-refractivity contribution >= 4 is 0 Å². The zero-order chi connectivity index (χ0) is 9.14. The molecule has 1 aliphatic carbocycles. The predicted molar refractivity (Wildman–Crippen MR) is 48.9 cm³/mol. The summed E-state index contributed by atoms with van der Waals surface area (Å²) in [6.45, 7) is 1.78. The van der Waals surface area contributed by atoms with Crippen LogP contribution in [0.5, 0.6) is 0 Å². The van der Waals surface area contributed by atoms with E-state index in [1.165, 1.54) is 0 Å². The van der Waals surface area contributed by atoms with Gasteiger partial charge in [-0.25, -0.2) is 0 Å². The second-order valence-electron chi connectivity index (χ2n) is 3.30. The van der Waals surface area contributed by atoms with E-state index in [0.717, 1.165) is 18.5 Å². The normalized spacial score (nSPS) is 25.0. The van der Waals surface area contributed by atoms with Gasteiger partial charge in [0.05, 0.1) is 11.8 Å². The smallest absolute Gasteiger partial charge is 0.0512 e. The summed E-state index contributed by atoms with van der Waals surface area (Å²) in [5.74, 6) is 0.236. The van der Waals surface area contributed by atoms with Gasteiger partial charge in [-0.05, 0) is 25.8 Å². The quantitative estimate of drug-likeness (QED) is 0.573. The molecule has 0 heterocycles. The Hall–Kier alpha value is -0.960. The van der Waals surface area contributed by atoms with Gasteiger partial charge in [0, 0.05) is 11.6 Å². The van der Waals surface area contributed by atoms with Gasteiger partial charge in [-0.2, -0.15) is 0 Å². The van der Waals surface area contributed by atoms with E-state index in [2.05, 4.69) is 0 Å². The highest BCUT2D eigenvalue weighted by atomic mass is 16.3. The highest BCUT2D eigenvalue weighted by Crippen LogP contribution is 2.23. The average Bonchev–Trinajstić information content (AvgIpc) is 2.30. The third-order valence-electron chi connectivity index (χ3n) is 2.14. The maximum atomic E-state index is 9.05. The molecule has 0 saturated heterocycles. The Bertz CT molecular complexity index is 219. The molecule has 0 aliphatic heterocycles. The van der Waals surface area contributed by atoms with Gasteiger partial charge in [-0.1, -0.05) is 6.08 Å². The van der Waals surface area contributed by atoms with E-state index < -0.39 is 0 Å². The molecule has 68 valence electrons. The standard InChI is InChI=1S/C9H16N2O/c1-6(12)2-3-7-4-5-8(10)9(7)11/h4-7,12H,2-3,10-11H2,1H3. The summed E-state index contributed by atoms with van der Waals surface area (Å²) in [6, 6.07) is 0. The van der Waals surface area contributed by atoms with Crippen molar-refractivity contribution in [1.82, 2.24) is 0 Å². The fourth-order valence-corrected chi connectivity index (χ4v) is 1.31. The molecule has 0 aromatic rings. The Balaban J connectivity index is 2.41. The Morgan fingerprint density at radius 3 is 2.67 bits per heavy atom. The van der Waals surface area contributed by atoms with E-state index >= 15 is 0 Å². The van der Waals surface area contributed by atoms with Crippen LogP contribution >= 0.6 is 0 Å². The summed E-state index contributed by atoms with van der Waals surface area (Å²) < 4.78 is 0. The molecule has 0 aromatic heterocycles. The van der Waals surface area contributed by atoms with Gasteiger partial charge in [0.25, 0.3) is 0 Å². The van der Waals surface area contributed by atoms with Gasteiger partial charge in [-0.15, -0.1) is 0 Å². The molecular formula is C9H16N2O. The van der Waals surface area contributed by atoms with Crippen molar-refractivity contribution in [2.24, 2.45) is 17.4 Å². The molecule has 0 amide bonds. The van der Waals surface area contributed by atoms with Gasteiger partial charge in [0.1, 0.15) is 0 Å². The van der Waals surface area contributed by atoms with Crippen LogP contribution in [0.2, 0.25) is 0 Å². The fraction of sp³-hybridized carbons (Fsp3) is 0.556. The maximum absolute atomic E-state index is 9.05. The predicted octanol–water partition coefficient (Wildman–Crippen LogP) is 0.462. The lowest BCUT2D eigenvalue weighted by Crippen LogP contribution is -2.13. The first kappa shape index (κ1) is 9.13. The second-order valence-corrected chi connectivity index (χ2v) is 3.30. The van der Waals surface area contributed by atoms with Gasteiger partial charge >= 0.3 is 0 Å². The number of aliphatic hydroxyl groups is 1. The Labute approximate surface area is 72.7 Å². The largest absolute Gasteiger partial charge is 0.400 e. The molecule has 0 bridgehead atoms. The zero-order valence-electron chi connectivity index (χ0n) is 7.33. The van der Waals surface area contributed by atoms with Crippen molar-refractivity contribution in [3.05, 3.63) is 23.5 Å². The summed E-state index contributed by atoms with van der Waals surface area (Å²) in [5.41, 5.74) is 12.7. The molecule has 0 spiro atoms. The first-order valence-electron chi connectivity index (χ1n) is 4.22. The summed E-state index contributed by atoms with van der Waals surface area (Å²) in [6.07, 6.45) is 5.21. The van der Waals surface area contributed by atoms with Crippen LogP contribution in [0, 0.1) is 5.92 Å². The van der Waals surface area contributed by atoms with Crippen molar-refractivity contribution in [3.63, 3.8) is 0 Å². The summed E-state index contributed by atoms with van der Waals surface area (Å²) >= 11 is 0. The van der Waals surface area contributed by atoms with Crippen LogP contribution in [-0.2, 0) is 0 Å². The van der Waals surface area contributed by atoms with Crippen molar-refractivity contribution in [2.45, 2.75) is 25.9 Å². The average molecular weight is 168 g/mol. The topological polar surface area (TPSA) is 72.3 Å². The number of rotatable bonds is 3. The van der Waals surface area contributed by atoms with E-state index in [1.54, 1.807) is 6.92 Å². The minimum absolute atomic E-state index is 0.236. The monoisotopic (exact) mass is 168 g/mol. The number of nitrogens with two attached hydrogens (primary N) is 2. The van der Waals surface area contributed by atoms with Crippen molar-refractivity contribution in [3.8, 4) is 0 Å². The maximum Gasteiger partial charge on any atom is 0.0512 e. The lowest BCUT2D eigenvalue weighted by atomic mass is 10.0. The van der Waals surface area contributed by atoms with Crippen LogP contribution in [0.1, 0.15) is 19.8 Å². The van der Waals surface area contributed by atoms with Crippen LogP contribution in [0.15, 0.2) is 23.5 Å². The molecule has 3 nitrogen and oxygen atoms in total. The van der Waals surface area contributed by atoms with Gasteiger partial charge < -0.3 is 16.6 Å². The molecule has 0 radical (unpaired) electrons. The van der Waals surface area contributed by atoms with E-state index in [1.807, 2.05) is 12.2 Å². The Morgan fingerprint density at radius 2 is 2.25 bits per heavy atom. The molecule has 0 saturated carbocycles. The lowest BCUT2D eigenvalue weighted by molar-refractivity contribution is 0.178. The molecule has 2 unspecified atom stereocenters. The molecule has 2 atom stereocenters. The number of hydrogen-bond acceptors (Lipinski definition) is 3. The third-order valence-corrected chi connectivity index (χ3v) is 2.14. The Morgan fingerprint density at radius 1 is 1.58 bits per heavy atom. The van der Waals surface area contributed by atoms with Crippen LogP contribution in [-0.4, -0.2) is 11.2 Å². The minimum Gasteiger partial charge on any atom is -0.400 e. The molecule has 0 aromatic carbocycles. The van der Waals surface area contributed by atoms with Crippen molar-refractivity contribution in [1.29, 1.82) is 0 Å². The number of hydrogen-bond donors (Lipinski definition) is 3. The SMILES string of the molecule is CC(O)CCC1C=CC(N)=C1N. The van der Waals surface area contributed by atoms with Crippen molar-refractivity contribution in [2.75, 3.05) is 0 Å². The summed E-state index contributed by atoms with van der Waals surface area (Å²) in [7, 11) is 0. The highest BCUT2D eigenvalue weighted by molar-refractivity contribution is 5.32. The fourth-order valence-electron chi connectivity index (χ4n) is 1.31. The highest BCUT2D eigenvalue weighted by Gasteiger charge is 2.16. The zero-order valence-corrected chi connectivity index (χ0v) is 7.33. The van der Waals surface area contributed by atoms with Crippen LogP contribution < -0.4 is 11.5 Å². The van der Waals surface area contributed by atoms with Crippen molar-refractivity contribution < 1.29 is 5.11 Å². The van der Waals surface area contributed by atoms with E-state index in [9.17, 15) is 0 Å². The summed E-state index contributed by atoms with van der Waals surface area (Å²) in [5, 5.41) is 9.05. The molecule has 3 heteroatoms.